The number of anilines is 1. The van der Waals surface area contributed by atoms with Gasteiger partial charge in [0.05, 0.1) is 17.9 Å². The maximum atomic E-state index is 12.6. The van der Waals surface area contributed by atoms with E-state index in [4.69, 9.17) is 4.74 Å². The Balaban J connectivity index is 1.63. The van der Waals surface area contributed by atoms with E-state index in [0.29, 0.717) is 17.7 Å². The average molecular weight is 539 g/mol. The number of benzene rings is 3. The zero-order chi connectivity index (χ0) is 27.4. The maximum Gasteiger partial charge on any atom is 0.573 e. The van der Waals surface area contributed by atoms with E-state index >= 15 is 0 Å². The minimum Gasteiger partial charge on any atom is -0.507 e. The number of hydrogen-bond acceptors (Lipinski definition) is 7. The first kappa shape index (κ1) is 27.3. The monoisotopic (exact) mass is 539 g/mol. The summed E-state index contributed by atoms with van der Waals surface area (Å²) in [6.07, 6.45) is -3.56. The topological polar surface area (TPSA) is 139 Å². The number of carboxylic acid groups (broad SMARTS) is 1. The smallest absolute Gasteiger partial charge is 0.507 e. The van der Waals surface area contributed by atoms with Gasteiger partial charge < -0.3 is 25.0 Å². The second-order valence-corrected chi connectivity index (χ2v) is 9.70. The molecule has 0 aliphatic heterocycles. The molecule has 0 atom stereocenters. The number of aromatic carboxylic acids is 1. The molecule has 196 valence electrons. The number of halogens is 3. The van der Waals surface area contributed by atoms with Crippen molar-refractivity contribution >= 4 is 27.4 Å². The molecule has 0 aliphatic rings. The van der Waals surface area contributed by atoms with Gasteiger partial charge in [0.1, 0.15) is 22.1 Å². The van der Waals surface area contributed by atoms with E-state index in [1.807, 2.05) is 0 Å². The first-order valence-electron chi connectivity index (χ1n) is 10.4. The van der Waals surface area contributed by atoms with Gasteiger partial charge >= 0.3 is 12.3 Å². The van der Waals surface area contributed by atoms with Gasteiger partial charge in [-0.15, -0.1) is 13.2 Å². The average Bonchev–Trinajstić information content (AvgIpc) is 2.79. The number of rotatable bonds is 9. The lowest BCUT2D eigenvalue weighted by molar-refractivity contribution is -0.274. The molecule has 0 heterocycles. The number of phenolic OH excluding ortho intramolecular Hbond substituents is 1. The Labute approximate surface area is 209 Å². The van der Waals surface area contributed by atoms with Crippen LogP contribution in [0.5, 0.6) is 17.2 Å². The number of carbonyl (C=O) groups is 2. The molecule has 3 aromatic carbocycles. The molecule has 0 unspecified atom stereocenters. The number of carboxylic acids is 1. The number of amides is 1. The third kappa shape index (κ3) is 7.61. The normalized spacial score (nSPS) is 11.6. The first-order chi connectivity index (χ1) is 17.2. The highest BCUT2D eigenvalue weighted by atomic mass is 32.2. The van der Waals surface area contributed by atoms with Crippen molar-refractivity contribution in [1.82, 2.24) is 0 Å². The summed E-state index contributed by atoms with van der Waals surface area (Å²) >= 11 is 0. The standard InChI is InChI=1S/C24H20F3NO8S/c1-37(33,34)21-13-19(18(23(31)32)12-20(21)29)28-22(30)15-4-8-16(9-5-15)35-11-10-14-2-6-17(7-3-14)36-24(25,26)27/h2-9,12-13,29H,10-11H2,1H3,(H,28,30)(H,31,32). The highest BCUT2D eigenvalue weighted by Gasteiger charge is 2.31. The van der Waals surface area contributed by atoms with Gasteiger partial charge in [0.15, 0.2) is 9.84 Å². The Morgan fingerprint density at radius 2 is 1.57 bits per heavy atom. The Hall–Kier alpha value is -4.26. The molecule has 13 heteroatoms. The molecule has 0 saturated heterocycles. The van der Waals surface area contributed by atoms with Crippen LogP contribution in [0.4, 0.5) is 18.9 Å². The van der Waals surface area contributed by atoms with E-state index < -0.39 is 44.3 Å². The molecule has 0 spiro atoms. The van der Waals surface area contributed by atoms with Crippen molar-refractivity contribution in [3.63, 3.8) is 0 Å². The minimum absolute atomic E-state index is 0.109. The Bertz CT molecular complexity index is 1400. The number of hydrogen-bond donors (Lipinski definition) is 3. The molecule has 0 radical (unpaired) electrons. The lowest BCUT2D eigenvalue weighted by Crippen LogP contribution is -2.17. The molecule has 37 heavy (non-hydrogen) atoms. The maximum absolute atomic E-state index is 12.6. The van der Waals surface area contributed by atoms with Crippen LogP contribution < -0.4 is 14.8 Å². The van der Waals surface area contributed by atoms with Gasteiger partial charge in [-0.2, -0.15) is 0 Å². The lowest BCUT2D eigenvalue weighted by atomic mass is 10.1. The van der Waals surface area contributed by atoms with Gasteiger partial charge in [-0.05, 0) is 54.1 Å². The van der Waals surface area contributed by atoms with Crippen molar-refractivity contribution in [3.8, 4) is 17.2 Å². The van der Waals surface area contributed by atoms with Crippen molar-refractivity contribution in [2.24, 2.45) is 0 Å². The zero-order valence-corrected chi connectivity index (χ0v) is 19.9. The zero-order valence-electron chi connectivity index (χ0n) is 19.1. The van der Waals surface area contributed by atoms with Gasteiger partial charge in [0.2, 0.25) is 0 Å². The Morgan fingerprint density at radius 3 is 2.11 bits per heavy atom. The van der Waals surface area contributed by atoms with Crippen LogP contribution >= 0.6 is 0 Å². The second-order valence-electron chi connectivity index (χ2n) is 7.71. The minimum atomic E-state index is -4.77. The van der Waals surface area contributed by atoms with Crippen LogP contribution in [-0.4, -0.2) is 49.7 Å². The predicted octanol–water partition coefficient (Wildman–Crippen LogP) is 4.27. The molecule has 0 fully saturated rings. The molecule has 0 saturated carbocycles. The molecule has 0 bridgehead atoms. The summed E-state index contributed by atoms with van der Waals surface area (Å²) in [5.41, 5.74) is -0.000973. The van der Waals surface area contributed by atoms with Crippen LogP contribution in [0.2, 0.25) is 0 Å². The highest BCUT2D eigenvalue weighted by molar-refractivity contribution is 7.90. The predicted molar refractivity (Wildman–Crippen MR) is 125 cm³/mol. The van der Waals surface area contributed by atoms with E-state index in [9.17, 15) is 41.4 Å². The van der Waals surface area contributed by atoms with Crippen LogP contribution in [0.3, 0.4) is 0 Å². The van der Waals surface area contributed by atoms with Crippen molar-refractivity contribution in [2.75, 3.05) is 18.2 Å². The van der Waals surface area contributed by atoms with Crippen molar-refractivity contribution in [3.05, 3.63) is 77.4 Å². The van der Waals surface area contributed by atoms with Crippen molar-refractivity contribution < 1.29 is 50.9 Å². The van der Waals surface area contributed by atoms with E-state index in [1.165, 1.54) is 48.5 Å². The van der Waals surface area contributed by atoms with Gasteiger partial charge in [-0.3, -0.25) is 4.79 Å². The third-order valence-electron chi connectivity index (χ3n) is 4.91. The number of sulfone groups is 1. The van der Waals surface area contributed by atoms with Gasteiger partial charge in [0.25, 0.3) is 5.91 Å². The number of ether oxygens (including phenoxy) is 2. The summed E-state index contributed by atoms with van der Waals surface area (Å²) in [5, 5.41) is 21.5. The summed E-state index contributed by atoms with van der Waals surface area (Å²) < 4.78 is 69.7. The molecule has 3 N–H and O–H groups in total. The molecule has 1 amide bonds. The fourth-order valence-corrected chi connectivity index (χ4v) is 3.96. The number of aromatic hydroxyl groups is 1. The number of alkyl halides is 3. The molecular formula is C24H20F3NO8S. The first-order valence-corrected chi connectivity index (χ1v) is 12.3. The van der Waals surface area contributed by atoms with Gasteiger partial charge in [0, 0.05) is 18.2 Å². The summed E-state index contributed by atoms with van der Waals surface area (Å²) in [7, 11) is -3.91. The van der Waals surface area contributed by atoms with E-state index in [-0.39, 0.29) is 23.6 Å². The highest BCUT2D eigenvalue weighted by Crippen LogP contribution is 2.30. The summed E-state index contributed by atoms with van der Waals surface area (Å²) in [6, 6.07) is 12.7. The molecule has 3 aromatic rings. The second kappa shape index (κ2) is 10.8. The summed E-state index contributed by atoms with van der Waals surface area (Å²) in [6.45, 7) is 0.189. The third-order valence-corrected chi connectivity index (χ3v) is 6.04. The van der Waals surface area contributed by atoms with Gasteiger partial charge in [-0.25, -0.2) is 13.2 Å². The fraction of sp³-hybridized carbons (Fsp3) is 0.167. The quantitative estimate of drug-likeness (QED) is 0.343. The molecule has 3 rings (SSSR count). The van der Waals surface area contributed by atoms with Crippen molar-refractivity contribution in [2.45, 2.75) is 17.7 Å². The van der Waals surface area contributed by atoms with Crippen LogP contribution in [0.1, 0.15) is 26.3 Å². The SMILES string of the molecule is CS(=O)(=O)c1cc(NC(=O)c2ccc(OCCc3ccc(OC(F)(F)F)cc3)cc2)c(C(=O)O)cc1O. The van der Waals surface area contributed by atoms with Crippen molar-refractivity contribution in [1.29, 1.82) is 0 Å². The van der Waals surface area contributed by atoms with Crippen LogP contribution in [-0.2, 0) is 16.3 Å². The molecular weight excluding hydrogens is 519 g/mol. The van der Waals surface area contributed by atoms with Crippen LogP contribution in [0, 0.1) is 0 Å². The molecule has 0 aromatic heterocycles. The van der Waals surface area contributed by atoms with Gasteiger partial charge in [-0.1, -0.05) is 12.1 Å². The van der Waals surface area contributed by atoms with E-state index in [1.54, 1.807) is 0 Å². The number of phenols is 1. The number of nitrogens with one attached hydrogen (secondary N) is 1. The Morgan fingerprint density at radius 1 is 0.973 bits per heavy atom. The van der Waals surface area contributed by atoms with Crippen LogP contribution in [0.15, 0.2) is 65.6 Å². The Kier molecular flexibility index (Phi) is 7.96. The molecule has 0 aliphatic carbocycles. The van der Waals surface area contributed by atoms with E-state index in [2.05, 4.69) is 10.1 Å². The summed E-state index contributed by atoms with van der Waals surface area (Å²) in [4.78, 5) is 23.6. The molecule has 9 nitrogen and oxygen atoms in total. The number of carbonyl (C=O) groups excluding carboxylic acids is 1. The van der Waals surface area contributed by atoms with E-state index in [0.717, 1.165) is 18.4 Å². The summed E-state index contributed by atoms with van der Waals surface area (Å²) in [5.74, 6) is -2.92. The fourth-order valence-electron chi connectivity index (χ4n) is 3.19. The largest absolute Gasteiger partial charge is 0.573 e. The lowest BCUT2D eigenvalue weighted by Gasteiger charge is -2.12. The van der Waals surface area contributed by atoms with Crippen LogP contribution in [0.25, 0.3) is 0 Å².